The number of halogens is 1. The molecule has 0 aliphatic rings. The molecule has 0 saturated heterocycles. The minimum atomic E-state index is 0. The Balaban J connectivity index is -0.00000000500. The van der Waals surface area contributed by atoms with Gasteiger partial charge in [0.1, 0.15) is 0 Å². The van der Waals surface area contributed by atoms with Gasteiger partial charge in [-0.2, -0.15) is 0 Å². The van der Waals surface area contributed by atoms with E-state index in [0.717, 1.165) is 0 Å². The fourth-order valence-corrected chi connectivity index (χ4v) is 0. The second-order valence-corrected chi connectivity index (χ2v) is 0. The molecule has 33 valence electrons. The van der Waals surface area contributed by atoms with Crippen LogP contribution < -0.4 is 0 Å². The van der Waals surface area contributed by atoms with E-state index in [0.29, 0.717) is 0 Å². The van der Waals surface area contributed by atoms with Crippen molar-refractivity contribution in [3.63, 3.8) is 0 Å². The number of rotatable bonds is 0. The molecule has 0 atom stereocenters. The molecule has 0 rings (SSSR count). The molecule has 0 aromatic carbocycles. The third kappa shape index (κ3) is 12.2. The molecule has 0 spiro atoms. The fourth-order valence-electron chi connectivity index (χ4n) is 0. The van der Waals surface area contributed by atoms with E-state index in [-0.39, 0.29) is 14.9 Å². The summed E-state index contributed by atoms with van der Waals surface area (Å²) in [6, 6.07) is 0. The van der Waals surface area contributed by atoms with Gasteiger partial charge in [-0.25, -0.2) is 0 Å². The van der Waals surface area contributed by atoms with E-state index in [1.807, 2.05) is 0 Å². The van der Waals surface area contributed by atoms with Gasteiger partial charge in [0.2, 0.25) is 0 Å². The van der Waals surface area contributed by atoms with Crippen molar-refractivity contribution >= 4 is 9.42 Å². The van der Waals surface area contributed by atoms with E-state index in [9.17, 15) is 0 Å². The fraction of sp³-hybridized carbons (Fsp3) is 0. The first kappa shape index (κ1) is 20.1. The summed E-state index contributed by atoms with van der Waals surface area (Å²) in [5.41, 5.74) is 0. The van der Waals surface area contributed by atoms with Crippen molar-refractivity contribution in [1.82, 2.24) is 0 Å². The van der Waals surface area contributed by atoms with Crippen LogP contribution in [0.4, 0.5) is 0 Å². The van der Waals surface area contributed by atoms with E-state index in [4.69, 9.17) is 0 Å². The van der Waals surface area contributed by atoms with Crippen molar-refractivity contribution in [2.75, 3.05) is 0 Å². The van der Waals surface area contributed by atoms with Gasteiger partial charge in [0.25, 0.3) is 0 Å². The van der Waals surface area contributed by atoms with Gasteiger partial charge in [0.05, 0.1) is 0 Å². The van der Waals surface area contributed by atoms with Crippen LogP contribution in [0.1, 0.15) is 0 Å². The van der Waals surface area contributed by atoms with Crippen LogP contribution in [0.15, 0.2) is 0 Å². The molecule has 0 nitrogen and oxygen atoms in total. The Morgan fingerprint density at radius 3 is 1.00 bits per heavy atom. The van der Waals surface area contributed by atoms with Gasteiger partial charge in [0, 0.05) is 0 Å². The zero-order valence-electron chi connectivity index (χ0n) is 2.69. The predicted octanol–water partition coefficient (Wildman–Crippen LogP) is 1.59. The Bertz CT molecular complexity index is 6.00. The zero-order valence-corrected chi connectivity index (χ0v) is 5.72. The first-order chi connectivity index (χ1) is 1.00. The Kier molecular flexibility index (Phi) is 186. The molecular formula is C2H6ClPt-2. The molecule has 0 aliphatic heterocycles. The SMILES string of the molecule is [CH3-].[CH3-].[Cl][Pt]. The molecular weight excluding hydrogens is 255 g/mol. The molecule has 0 unspecified atom stereocenters. The van der Waals surface area contributed by atoms with Crippen molar-refractivity contribution in [2.45, 2.75) is 0 Å². The maximum absolute atomic E-state index is 4.61. The summed E-state index contributed by atoms with van der Waals surface area (Å²) >= 11 is 1.61. The van der Waals surface area contributed by atoms with Gasteiger partial charge in [-0.1, -0.05) is 0 Å². The van der Waals surface area contributed by atoms with Crippen molar-refractivity contribution in [3.05, 3.63) is 14.9 Å². The van der Waals surface area contributed by atoms with Gasteiger partial charge in [0.15, 0.2) is 0 Å². The molecule has 2 heteroatoms. The Labute approximate surface area is 43.4 Å². The van der Waals surface area contributed by atoms with E-state index >= 15 is 0 Å². The van der Waals surface area contributed by atoms with Crippen LogP contribution in [0.2, 0.25) is 0 Å². The van der Waals surface area contributed by atoms with Crippen LogP contribution in [0, 0.1) is 14.9 Å². The van der Waals surface area contributed by atoms with Crippen LogP contribution in [0.3, 0.4) is 0 Å². The van der Waals surface area contributed by atoms with Crippen molar-refractivity contribution in [2.24, 2.45) is 0 Å². The summed E-state index contributed by atoms with van der Waals surface area (Å²) in [7, 11) is 4.61. The second kappa shape index (κ2) is 36.9. The van der Waals surface area contributed by atoms with Crippen molar-refractivity contribution in [1.29, 1.82) is 0 Å². The topological polar surface area (TPSA) is 0 Å². The molecule has 0 aromatic heterocycles. The van der Waals surface area contributed by atoms with E-state index in [2.05, 4.69) is 9.42 Å². The monoisotopic (exact) mass is 260 g/mol. The van der Waals surface area contributed by atoms with E-state index in [1.54, 1.807) is 18.8 Å². The first-order valence-corrected chi connectivity index (χ1v) is 2.94. The van der Waals surface area contributed by atoms with Gasteiger partial charge in [-0.3, -0.25) is 0 Å². The minimum absolute atomic E-state index is 0. The van der Waals surface area contributed by atoms with Gasteiger partial charge in [-0.05, 0) is 0 Å². The van der Waals surface area contributed by atoms with Crippen LogP contribution in [0.5, 0.6) is 0 Å². The van der Waals surface area contributed by atoms with Crippen LogP contribution in [-0.2, 0) is 18.8 Å². The molecule has 0 N–H and O–H groups in total. The number of hydrogen-bond acceptors (Lipinski definition) is 0. The van der Waals surface area contributed by atoms with Crippen LogP contribution in [-0.4, -0.2) is 0 Å². The summed E-state index contributed by atoms with van der Waals surface area (Å²) in [4.78, 5) is 0. The maximum atomic E-state index is 4.61. The quantitative estimate of drug-likeness (QED) is 0.580. The summed E-state index contributed by atoms with van der Waals surface area (Å²) in [6.45, 7) is 0. The molecule has 0 amide bonds. The molecule has 0 aliphatic carbocycles. The number of hydrogen-bond donors (Lipinski definition) is 0. The third-order valence-electron chi connectivity index (χ3n) is 0. The molecule has 0 heterocycles. The van der Waals surface area contributed by atoms with Crippen molar-refractivity contribution in [3.8, 4) is 0 Å². The summed E-state index contributed by atoms with van der Waals surface area (Å²) < 4.78 is 0. The predicted molar refractivity (Wildman–Crippen MR) is 18.7 cm³/mol. The molecule has 0 radical (unpaired) electrons. The Hall–Kier alpha value is 0.978. The standard InChI is InChI=1S/2CH3.ClH.Pt/h2*1H3;1H;/q2*-1;;+1/p-1. The van der Waals surface area contributed by atoms with E-state index in [1.165, 1.54) is 0 Å². The van der Waals surface area contributed by atoms with E-state index < -0.39 is 0 Å². The summed E-state index contributed by atoms with van der Waals surface area (Å²) in [5.74, 6) is 0. The van der Waals surface area contributed by atoms with Crippen molar-refractivity contribution < 1.29 is 18.8 Å². The van der Waals surface area contributed by atoms with Gasteiger partial charge >= 0.3 is 28.2 Å². The zero-order chi connectivity index (χ0) is 2.00. The van der Waals surface area contributed by atoms with Gasteiger partial charge < -0.3 is 14.9 Å². The Morgan fingerprint density at radius 2 is 1.00 bits per heavy atom. The average molecular weight is 261 g/mol. The molecule has 4 heavy (non-hydrogen) atoms. The van der Waals surface area contributed by atoms with Crippen LogP contribution in [0.25, 0.3) is 0 Å². The normalized spacial score (nSPS) is 1.75. The average Bonchev–Trinajstić information content (AvgIpc) is 1.00. The molecule has 0 fully saturated rings. The summed E-state index contributed by atoms with van der Waals surface area (Å²) in [5, 5.41) is 0. The second-order valence-electron chi connectivity index (χ2n) is 0. The van der Waals surface area contributed by atoms with Crippen LogP contribution >= 0.6 is 9.42 Å². The first-order valence-electron chi connectivity index (χ1n) is 0.120. The summed E-state index contributed by atoms with van der Waals surface area (Å²) in [6.07, 6.45) is 0. The molecule has 0 bridgehead atoms. The molecule has 0 aromatic rings. The third-order valence-corrected chi connectivity index (χ3v) is 0. The Morgan fingerprint density at radius 1 is 1.00 bits per heavy atom. The van der Waals surface area contributed by atoms with Gasteiger partial charge in [-0.15, -0.1) is 0 Å². The molecule has 0 saturated carbocycles.